The van der Waals surface area contributed by atoms with Gasteiger partial charge in [0.25, 0.3) is 0 Å². The average molecular weight is 234 g/mol. The zero-order valence-corrected chi connectivity index (χ0v) is 9.98. The van der Waals surface area contributed by atoms with Crippen LogP contribution in [0.5, 0.6) is 0 Å². The van der Waals surface area contributed by atoms with Gasteiger partial charge in [-0.1, -0.05) is 6.07 Å². The normalized spacial score (nSPS) is 23.2. The third kappa shape index (κ3) is 2.84. The van der Waals surface area contributed by atoms with Gasteiger partial charge in [-0.3, -0.25) is 4.79 Å². The first-order valence-corrected chi connectivity index (χ1v) is 5.83. The first-order chi connectivity index (χ1) is 8.06. The molecule has 4 nitrogen and oxygen atoms in total. The predicted octanol–water partition coefficient (Wildman–Crippen LogP) is 1.10. The largest absolute Gasteiger partial charge is 0.373 e. The molecule has 0 unspecified atom stereocenters. The zero-order chi connectivity index (χ0) is 12.4. The van der Waals surface area contributed by atoms with E-state index in [1.807, 2.05) is 13.0 Å². The molecule has 0 saturated heterocycles. The van der Waals surface area contributed by atoms with Gasteiger partial charge in [-0.05, 0) is 43.0 Å². The number of aryl methyl sites for hydroxylation is 1. The Balaban J connectivity index is 1.94. The summed E-state index contributed by atoms with van der Waals surface area (Å²) in [5.74, 6) is -0.398. The number of amides is 1. The van der Waals surface area contributed by atoms with Gasteiger partial charge in [-0.2, -0.15) is 0 Å². The van der Waals surface area contributed by atoms with E-state index in [9.17, 15) is 4.79 Å². The smallest absolute Gasteiger partial charge is 0.248 e. The van der Waals surface area contributed by atoms with Crippen LogP contribution in [0.3, 0.4) is 0 Å². The van der Waals surface area contributed by atoms with Crippen LogP contribution in [0.2, 0.25) is 0 Å². The fraction of sp³-hybridized carbons (Fsp3) is 0.462. The predicted molar refractivity (Wildman–Crippen MR) is 65.5 cm³/mol. The van der Waals surface area contributed by atoms with Gasteiger partial charge in [0, 0.05) is 11.6 Å². The molecule has 4 N–H and O–H groups in total. The monoisotopic (exact) mass is 234 g/mol. The van der Waals surface area contributed by atoms with Crippen LogP contribution >= 0.6 is 0 Å². The molecular weight excluding hydrogens is 216 g/mol. The number of carbonyl (C=O) groups is 1. The van der Waals surface area contributed by atoms with Crippen LogP contribution in [0.1, 0.15) is 34.3 Å². The van der Waals surface area contributed by atoms with Crippen LogP contribution in [0.15, 0.2) is 18.2 Å². The van der Waals surface area contributed by atoms with Crippen molar-refractivity contribution in [3.8, 4) is 0 Å². The van der Waals surface area contributed by atoms with E-state index in [0.29, 0.717) is 24.3 Å². The third-order valence-corrected chi connectivity index (χ3v) is 3.23. The topological polar surface area (TPSA) is 78.3 Å². The van der Waals surface area contributed by atoms with Gasteiger partial charge in [0.15, 0.2) is 0 Å². The van der Waals surface area contributed by atoms with E-state index in [2.05, 4.69) is 0 Å². The van der Waals surface area contributed by atoms with Crippen LogP contribution in [-0.2, 0) is 11.3 Å². The highest BCUT2D eigenvalue weighted by Gasteiger charge is 2.26. The number of rotatable bonds is 4. The van der Waals surface area contributed by atoms with E-state index < -0.39 is 5.91 Å². The third-order valence-electron chi connectivity index (χ3n) is 3.23. The first-order valence-electron chi connectivity index (χ1n) is 5.83. The van der Waals surface area contributed by atoms with Crippen molar-refractivity contribution in [1.29, 1.82) is 0 Å². The van der Waals surface area contributed by atoms with Crippen molar-refractivity contribution in [3.63, 3.8) is 0 Å². The maximum absolute atomic E-state index is 11.0. The molecule has 2 rings (SSSR count). The Bertz CT molecular complexity index is 425. The van der Waals surface area contributed by atoms with Crippen molar-refractivity contribution in [3.05, 3.63) is 34.9 Å². The van der Waals surface area contributed by atoms with Crippen LogP contribution in [-0.4, -0.2) is 18.1 Å². The quantitative estimate of drug-likeness (QED) is 0.818. The molecule has 1 amide bonds. The molecule has 0 heterocycles. The van der Waals surface area contributed by atoms with E-state index in [1.54, 1.807) is 12.1 Å². The van der Waals surface area contributed by atoms with Crippen molar-refractivity contribution >= 4 is 5.91 Å². The molecule has 0 radical (unpaired) electrons. The second-order valence-corrected chi connectivity index (χ2v) is 4.67. The fourth-order valence-electron chi connectivity index (χ4n) is 1.96. The minimum atomic E-state index is -0.398. The summed E-state index contributed by atoms with van der Waals surface area (Å²) in [7, 11) is 0. The van der Waals surface area contributed by atoms with Gasteiger partial charge in [-0.15, -0.1) is 0 Å². The van der Waals surface area contributed by atoms with Gasteiger partial charge in [0.1, 0.15) is 0 Å². The van der Waals surface area contributed by atoms with Crippen molar-refractivity contribution in [1.82, 2.24) is 0 Å². The number of primary amides is 1. The Morgan fingerprint density at radius 3 is 2.71 bits per heavy atom. The number of carbonyl (C=O) groups excluding carboxylic acids is 1. The molecule has 1 saturated carbocycles. The molecule has 1 aromatic carbocycles. The van der Waals surface area contributed by atoms with Crippen LogP contribution < -0.4 is 11.5 Å². The lowest BCUT2D eigenvalue weighted by Gasteiger charge is -2.32. The molecule has 1 aliphatic carbocycles. The molecule has 0 atom stereocenters. The Kier molecular flexibility index (Phi) is 3.45. The van der Waals surface area contributed by atoms with E-state index in [-0.39, 0.29) is 0 Å². The summed E-state index contributed by atoms with van der Waals surface area (Å²) in [6.45, 7) is 2.53. The first kappa shape index (κ1) is 12.1. The lowest BCUT2D eigenvalue weighted by atomic mass is 9.90. The van der Waals surface area contributed by atoms with E-state index in [4.69, 9.17) is 16.2 Å². The summed E-state index contributed by atoms with van der Waals surface area (Å²) in [5.41, 5.74) is 13.6. The highest BCUT2D eigenvalue weighted by atomic mass is 16.5. The van der Waals surface area contributed by atoms with Crippen molar-refractivity contribution in [2.45, 2.75) is 38.5 Å². The Morgan fingerprint density at radius 1 is 1.47 bits per heavy atom. The van der Waals surface area contributed by atoms with Crippen molar-refractivity contribution in [2.24, 2.45) is 11.5 Å². The second-order valence-electron chi connectivity index (χ2n) is 4.67. The standard InChI is InChI=1S/C13H18N2O2/c1-8-4-9(13(15)16)2-3-10(8)7-17-12-5-11(14)6-12/h2-4,11-12H,5-7,14H2,1H3,(H2,15,16). The second kappa shape index (κ2) is 4.85. The molecular formula is C13H18N2O2. The van der Waals surface area contributed by atoms with E-state index in [0.717, 1.165) is 24.0 Å². The summed E-state index contributed by atoms with van der Waals surface area (Å²) in [6.07, 6.45) is 2.18. The molecule has 1 aliphatic rings. The summed E-state index contributed by atoms with van der Waals surface area (Å²) in [5, 5.41) is 0. The van der Waals surface area contributed by atoms with Gasteiger partial charge in [0.2, 0.25) is 5.91 Å². The van der Waals surface area contributed by atoms with Crippen molar-refractivity contribution < 1.29 is 9.53 Å². The molecule has 1 fully saturated rings. The molecule has 0 aromatic heterocycles. The molecule has 92 valence electrons. The van der Waals surface area contributed by atoms with Crippen LogP contribution in [0, 0.1) is 6.92 Å². The number of nitrogens with two attached hydrogens (primary N) is 2. The molecule has 1 aromatic rings. The summed E-state index contributed by atoms with van der Waals surface area (Å²) in [4.78, 5) is 11.0. The lowest BCUT2D eigenvalue weighted by molar-refractivity contribution is -0.0190. The summed E-state index contributed by atoms with van der Waals surface area (Å²) >= 11 is 0. The average Bonchev–Trinajstić information content (AvgIpc) is 2.24. The lowest BCUT2D eigenvalue weighted by Crippen LogP contribution is -2.41. The van der Waals surface area contributed by atoms with Gasteiger partial charge in [0.05, 0.1) is 12.7 Å². The zero-order valence-electron chi connectivity index (χ0n) is 9.98. The minimum Gasteiger partial charge on any atom is -0.373 e. The number of hydrogen-bond donors (Lipinski definition) is 2. The maximum atomic E-state index is 11.0. The molecule has 0 aliphatic heterocycles. The molecule has 0 bridgehead atoms. The number of benzene rings is 1. The van der Waals surface area contributed by atoms with Gasteiger partial charge >= 0.3 is 0 Å². The summed E-state index contributed by atoms with van der Waals surface area (Å²) < 4.78 is 5.72. The molecule has 17 heavy (non-hydrogen) atoms. The molecule has 0 spiro atoms. The number of hydrogen-bond acceptors (Lipinski definition) is 3. The van der Waals surface area contributed by atoms with Gasteiger partial charge in [-0.25, -0.2) is 0 Å². The fourth-order valence-corrected chi connectivity index (χ4v) is 1.96. The maximum Gasteiger partial charge on any atom is 0.248 e. The highest BCUT2D eigenvalue weighted by Crippen LogP contribution is 2.23. The van der Waals surface area contributed by atoms with E-state index in [1.165, 1.54) is 0 Å². The highest BCUT2D eigenvalue weighted by molar-refractivity contribution is 5.93. The summed E-state index contributed by atoms with van der Waals surface area (Å²) in [6, 6.07) is 5.74. The Hall–Kier alpha value is -1.39. The van der Waals surface area contributed by atoms with Crippen LogP contribution in [0.25, 0.3) is 0 Å². The van der Waals surface area contributed by atoms with Crippen LogP contribution in [0.4, 0.5) is 0 Å². The van der Waals surface area contributed by atoms with E-state index >= 15 is 0 Å². The Labute approximate surface area is 101 Å². The number of ether oxygens (including phenoxy) is 1. The molecule has 4 heteroatoms. The Morgan fingerprint density at radius 2 is 2.18 bits per heavy atom. The minimum absolute atomic E-state index is 0.292. The van der Waals surface area contributed by atoms with Gasteiger partial charge < -0.3 is 16.2 Å². The SMILES string of the molecule is Cc1cc(C(N)=O)ccc1COC1CC(N)C1. The van der Waals surface area contributed by atoms with Crippen molar-refractivity contribution in [2.75, 3.05) is 0 Å².